The number of Topliss-reactive ketones (excluding diaryl/α,β-unsaturated/α-hetero) is 2. The Morgan fingerprint density at radius 1 is 1.04 bits per heavy atom. The molecule has 2 aliphatic carbocycles. The van der Waals surface area contributed by atoms with Crippen LogP contribution in [0.15, 0.2) is 0 Å². The van der Waals surface area contributed by atoms with Crippen LogP contribution in [0.3, 0.4) is 0 Å². The average Bonchev–Trinajstić information content (AvgIpc) is 2.93. The first-order valence-electron chi connectivity index (χ1n) is 9.63. The monoisotopic (exact) mass is 352 g/mol. The normalized spacial score (nSPS) is 32.0. The maximum Gasteiger partial charge on any atom is 0.193 e. The summed E-state index contributed by atoms with van der Waals surface area (Å²) in [5.41, 5.74) is -0.372. The van der Waals surface area contributed by atoms with Crippen LogP contribution in [-0.4, -0.2) is 26.0 Å². The van der Waals surface area contributed by atoms with E-state index in [1.807, 2.05) is 0 Å². The summed E-state index contributed by atoms with van der Waals surface area (Å²) in [6.45, 7) is 15.2. The Kier molecular flexibility index (Phi) is 5.52. The lowest BCUT2D eigenvalue weighted by atomic mass is 9.69. The third-order valence-electron chi connectivity index (χ3n) is 6.96. The number of fused-ring (bicyclic) bond motifs is 1. The van der Waals surface area contributed by atoms with Crippen molar-refractivity contribution < 1.29 is 14.0 Å². The Morgan fingerprint density at radius 2 is 1.67 bits per heavy atom. The van der Waals surface area contributed by atoms with E-state index in [0.29, 0.717) is 18.6 Å². The Hall–Kier alpha value is -0.483. The van der Waals surface area contributed by atoms with Crippen LogP contribution >= 0.6 is 0 Å². The minimum absolute atomic E-state index is 0.0109. The summed E-state index contributed by atoms with van der Waals surface area (Å²) in [5.74, 6) is 0.822. The molecule has 24 heavy (non-hydrogen) atoms. The average molecular weight is 353 g/mol. The second-order valence-electron chi connectivity index (χ2n) is 9.95. The lowest BCUT2D eigenvalue weighted by Crippen LogP contribution is -2.48. The van der Waals surface area contributed by atoms with Crippen molar-refractivity contribution in [1.29, 1.82) is 0 Å². The molecule has 0 heterocycles. The zero-order valence-corrected chi connectivity index (χ0v) is 17.7. The zero-order valence-electron chi connectivity index (χ0n) is 16.7. The Labute approximate surface area is 149 Å². The first-order chi connectivity index (χ1) is 10.9. The molecule has 2 aliphatic rings. The van der Waals surface area contributed by atoms with Gasteiger partial charge in [0, 0.05) is 17.8 Å². The van der Waals surface area contributed by atoms with Gasteiger partial charge in [0.15, 0.2) is 14.1 Å². The molecule has 3 unspecified atom stereocenters. The van der Waals surface area contributed by atoms with E-state index in [-0.39, 0.29) is 34.2 Å². The molecule has 0 spiro atoms. The molecule has 2 fully saturated rings. The van der Waals surface area contributed by atoms with Gasteiger partial charge in [-0.3, -0.25) is 9.59 Å². The molecule has 3 atom stereocenters. The Bertz CT molecular complexity index is 502. The fourth-order valence-corrected chi connectivity index (χ4v) is 5.47. The number of hydrogen-bond donors (Lipinski definition) is 0. The molecule has 0 amide bonds. The number of carbonyl (C=O) groups is 2. The van der Waals surface area contributed by atoms with Gasteiger partial charge in [-0.05, 0) is 49.7 Å². The van der Waals surface area contributed by atoms with E-state index in [2.05, 4.69) is 47.7 Å². The van der Waals surface area contributed by atoms with Crippen LogP contribution < -0.4 is 0 Å². The van der Waals surface area contributed by atoms with E-state index in [1.165, 1.54) is 0 Å². The van der Waals surface area contributed by atoms with Crippen LogP contribution in [0.1, 0.15) is 73.1 Å². The van der Waals surface area contributed by atoms with Crippen molar-refractivity contribution in [1.82, 2.24) is 0 Å². The minimum atomic E-state index is -1.99. The van der Waals surface area contributed by atoms with Crippen LogP contribution in [0.2, 0.25) is 18.1 Å². The molecule has 0 saturated heterocycles. The van der Waals surface area contributed by atoms with E-state index >= 15 is 0 Å². The van der Waals surface area contributed by atoms with Gasteiger partial charge in [-0.2, -0.15) is 0 Å². The van der Waals surface area contributed by atoms with Crippen LogP contribution in [0.5, 0.6) is 0 Å². The van der Waals surface area contributed by atoms with E-state index in [4.69, 9.17) is 4.43 Å². The van der Waals surface area contributed by atoms with Crippen molar-refractivity contribution in [3.63, 3.8) is 0 Å². The Balaban J connectivity index is 2.29. The summed E-state index contributed by atoms with van der Waals surface area (Å²) in [6.07, 6.45) is 4.74. The highest BCUT2D eigenvalue weighted by molar-refractivity contribution is 6.74. The fraction of sp³-hybridized carbons (Fsp3) is 0.900. The minimum Gasteiger partial charge on any atom is -0.407 e. The Morgan fingerprint density at radius 3 is 2.25 bits per heavy atom. The quantitative estimate of drug-likeness (QED) is 0.646. The van der Waals surface area contributed by atoms with Gasteiger partial charge in [-0.1, -0.05) is 41.0 Å². The number of ketones is 2. The van der Waals surface area contributed by atoms with Crippen molar-refractivity contribution >= 4 is 19.9 Å². The molecule has 3 nitrogen and oxygen atoms in total. The van der Waals surface area contributed by atoms with E-state index in [0.717, 1.165) is 25.7 Å². The van der Waals surface area contributed by atoms with Crippen LogP contribution in [0.25, 0.3) is 0 Å². The van der Waals surface area contributed by atoms with Gasteiger partial charge in [0.2, 0.25) is 0 Å². The van der Waals surface area contributed by atoms with Gasteiger partial charge in [-0.25, -0.2) is 0 Å². The third-order valence-corrected chi connectivity index (χ3v) is 11.4. The van der Waals surface area contributed by atoms with E-state index in [1.54, 1.807) is 0 Å². The summed E-state index contributed by atoms with van der Waals surface area (Å²) in [6, 6.07) is 0. The van der Waals surface area contributed by atoms with Crippen molar-refractivity contribution in [3.8, 4) is 0 Å². The lowest BCUT2D eigenvalue weighted by molar-refractivity contribution is -0.135. The molecule has 0 N–H and O–H groups in total. The second kappa shape index (κ2) is 6.68. The lowest BCUT2D eigenvalue weighted by Gasteiger charge is -2.40. The van der Waals surface area contributed by atoms with Gasteiger partial charge >= 0.3 is 0 Å². The van der Waals surface area contributed by atoms with Crippen LogP contribution in [-0.2, 0) is 14.0 Å². The molecule has 0 aliphatic heterocycles. The summed E-state index contributed by atoms with van der Waals surface area (Å²) < 4.78 is 6.54. The smallest absolute Gasteiger partial charge is 0.193 e. The third kappa shape index (κ3) is 3.69. The highest BCUT2D eigenvalue weighted by Gasteiger charge is 2.49. The molecule has 4 heteroatoms. The highest BCUT2D eigenvalue weighted by atomic mass is 28.4. The molecule has 0 bridgehead atoms. The molecule has 0 aromatic rings. The summed E-state index contributed by atoms with van der Waals surface area (Å²) >= 11 is 0. The van der Waals surface area contributed by atoms with Gasteiger partial charge in [0.1, 0.15) is 11.9 Å². The molecule has 138 valence electrons. The van der Waals surface area contributed by atoms with E-state index < -0.39 is 8.32 Å². The van der Waals surface area contributed by atoms with Gasteiger partial charge in [0.25, 0.3) is 0 Å². The summed E-state index contributed by atoms with van der Waals surface area (Å²) in [5, 5.41) is 0.0931. The second-order valence-corrected chi connectivity index (χ2v) is 14.7. The maximum atomic E-state index is 13.3. The standard InChI is InChI=1S/C20H36O3Si/c1-19(2,3)24(6,7)23-16-12-9-13-17(21)20(4,5)15-11-8-10-14(15)18(16)22/h14-16H,8-13H2,1-7H3. The van der Waals surface area contributed by atoms with Crippen LogP contribution in [0.4, 0.5) is 0 Å². The van der Waals surface area contributed by atoms with Crippen molar-refractivity contribution in [2.45, 2.75) is 97.4 Å². The largest absolute Gasteiger partial charge is 0.407 e. The number of carbonyl (C=O) groups excluding carboxylic acids is 2. The highest BCUT2D eigenvalue weighted by Crippen LogP contribution is 2.47. The van der Waals surface area contributed by atoms with Crippen LogP contribution in [0, 0.1) is 17.3 Å². The molecule has 2 rings (SSSR count). The predicted molar refractivity (Wildman–Crippen MR) is 101 cm³/mol. The number of hydrogen-bond acceptors (Lipinski definition) is 3. The molecule has 0 aromatic carbocycles. The number of rotatable bonds is 2. The molecule has 0 radical (unpaired) electrons. The maximum absolute atomic E-state index is 13.3. The van der Waals surface area contributed by atoms with E-state index in [9.17, 15) is 9.59 Å². The topological polar surface area (TPSA) is 43.4 Å². The van der Waals surface area contributed by atoms with Gasteiger partial charge in [-0.15, -0.1) is 0 Å². The molecular formula is C20H36O3Si. The first-order valence-corrected chi connectivity index (χ1v) is 12.5. The zero-order chi connectivity index (χ0) is 18.3. The van der Waals surface area contributed by atoms with Crippen molar-refractivity contribution in [2.75, 3.05) is 0 Å². The molecular weight excluding hydrogens is 316 g/mol. The van der Waals surface area contributed by atoms with Gasteiger partial charge in [0.05, 0.1) is 0 Å². The molecule has 0 aromatic heterocycles. The SMILES string of the molecule is CC1(C)C(=O)CCCC(O[Si](C)(C)C(C)(C)C)C(=O)C2CCCC21. The van der Waals surface area contributed by atoms with Gasteiger partial charge < -0.3 is 4.43 Å². The van der Waals surface area contributed by atoms with Crippen molar-refractivity contribution in [3.05, 3.63) is 0 Å². The predicted octanol–water partition coefficient (Wildman–Crippen LogP) is 5.14. The summed E-state index contributed by atoms with van der Waals surface area (Å²) in [4.78, 5) is 26.0. The first kappa shape index (κ1) is 19.8. The summed E-state index contributed by atoms with van der Waals surface area (Å²) in [7, 11) is -1.99. The fourth-order valence-electron chi connectivity index (χ4n) is 4.17. The molecule has 2 saturated carbocycles. The van der Waals surface area contributed by atoms with Crippen molar-refractivity contribution in [2.24, 2.45) is 17.3 Å².